The molecule has 0 amide bonds. The van der Waals surface area contributed by atoms with Crippen molar-refractivity contribution < 1.29 is 9.59 Å². The quantitative estimate of drug-likeness (QED) is 0.733. The molecule has 0 radical (unpaired) electrons. The van der Waals surface area contributed by atoms with Crippen LogP contribution in [-0.4, -0.2) is 21.5 Å². The summed E-state index contributed by atoms with van der Waals surface area (Å²) in [4.78, 5) is 32.7. The third-order valence-electron chi connectivity index (χ3n) is 3.25. The number of aryl methyl sites for hydroxylation is 1. The Balaban J connectivity index is 2.02. The van der Waals surface area contributed by atoms with Crippen LogP contribution < -0.4 is 0 Å². The lowest BCUT2D eigenvalue weighted by atomic mass is 10.0. The van der Waals surface area contributed by atoms with Gasteiger partial charge in [0.15, 0.2) is 11.6 Å². The fraction of sp³-hybridized carbons (Fsp3) is 0.333. The number of nitrogens with zero attached hydrogens (tertiary/aromatic N) is 2. The van der Waals surface area contributed by atoms with Gasteiger partial charge in [-0.05, 0) is 36.6 Å². The molecular weight excluding hydrogens is 276 g/mol. The fourth-order valence-electron chi connectivity index (χ4n) is 2.14. The largest absolute Gasteiger partial charge is 0.292 e. The minimum absolute atomic E-state index is 0.0191. The second-order valence-corrected chi connectivity index (χ2v) is 5.67. The van der Waals surface area contributed by atoms with Gasteiger partial charge in [0, 0.05) is 24.7 Å². The molecule has 0 unspecified atom stereocenters. The van der Waals surface area contributed by atoms with Crippen molar-refractivity contribution in [1.82, 2.24) is 9.97 Å². The van der Waals surface area contributed by atoms with Crippen LogP contribution in [0.25, 0.3) is 0 Å². The van der Waals surface area contributed by atoms with E-state index in [2.05, 4.69) is 9.97 Å². The number of carbonyl (C=O) groups is 2. The van der Waals surface area contributed by atoms with E-state index < -0.39 is 0 Å². The monoisotopic (exact) mass is 296 g/mol. The SMILES string of the molecule is CC(C)CC(=O)c1cccc(C(=O)CCc2ccccn2)n1. The van der Waals surface area contributed by atoms with Crippen molar-refractivity contribution in [1.29, 1.82) is 0 Å². The third-order valence-corrected chi connectivity index (χ3v) is 3.25. The van der Waals surface area contributed by atoms with Crippen molar-refractivity contribution in [3.05, 3.63) is 59.7 Å². The van der Waals surface area contributed by atoms with Crippen LogP contribution in [-0.2, 0) is 6.42 Å². The molecule has 4 heteroatoms. The number of hydrogen-bond acceptors (Lipinski definition) is 4. The van der Waals surface area contributed by atoms with Gasteiger partial charge in [-0.25, -0.2) is 4.98 Å². The predicted octanol–water partition coefficient (Wildman–Crippen LogP) is 3.52. The van der Waals surface area contributed by atoms with Crippen LogP contribution in [0.15, 0.2) is 42.6 Å². The number of aromatic nitrogens is 2. The number of pyridine rings is 2. The number of hydrogen-bond donors (Lipinski definition) is 0. The molecule has 0 aliphatic heterocycles. The maximum atomic E-state index is 12.2. The average molecular weight is 296 g/mol. The first kappa shape index (κ1) is 16.0. The Morgan fingerprint density at radius 3 is 2.36 bits per heavy atom. The van der Waals surface area contributed by atoms with Crippen LogP contribution in [0.3, 0.4) is 0 Å². The second-order valence-electron chi connectivity index (χ2n) is 5.67. The number of Topliss-reactive ketones (excluding diaryl/α,β-unsaturated/α-hetero) is 2. The molecule has 4 nitrogen and oxygen atoms in total. The van der Waals surface area contributed by atoms with Gasteiger partial charge in [-0.3, -0.25) is 14.6 Å². The first-order chi connectivity index (χ1) is 10.6. The molecule has 0 aliphatic rings. The molecule has 2 heterocycles. The summed E-state index contributed by atoms with van der Waals surface area (Å²) in [5, 5.41) is 0. The molecule has 0 bridgehead atoms. The van der Waals surface area contributed by atoms with E-state index in [0.29, 0.717) is 30.7 Å². The highest BCUT2D eigenvalue weighted by molar-refractivity contribution is 5.98. The van der Waals surface area contributed by atoms with Crippen molar-refractivity contribution >= 4 is 11.6 Å². The first-order valence-corrected chi connectivity index (χ1v) is 7.49. The predicted molar refractivity (Wildman–Crippen MR) is 84.9 cm³/mol. The summed E-state index contributed by atoms with van der Waals surface area (Å²) in [5.74, 6) is 0.192. The van der Waals surface area contributed by atoms with Crippen LogP contribution in [0, 0.1) is 5.92 Å². The normalized spacial score (nSPS) is 10.7. The highest BCUT2D eigenvalue weighted by Crippen LogP contribution is 2.10. The van der Waals surface area contributed by atoms with Crippen LogP contribution >= 0.6 is 0 Å². The minimum Gasteiger partial charge on any atom is -0.292 e. The minimum atomic E-state index is -0.0650. The summed E-state index contributed by atoms with van der Waals surface area (Å²) in [6, 6.07) is 10.7. The van der Waals surface area contributed by atoms with E-state index in [1.54, 1.807) is 24.4 Å². The molecule has 2 aromatic rings. The van der Waals surface area contributed by atoms with Gasteiger partial charge in [0.05, 0.1) is 0 Å². The van der Waals surface area contributed by atoms with Gasteiger partial charge in [0.25, 0.3) is 0 Å². The van der Waals surface area contributed by atoms with Crippen molar-refractivity contribution in [2.75, 3.05) is 0 Å². The molecule has 2 rings (SSSR count). The zero-order valence-corrected chi connectivity index (χ0v) is 13.0. The molecule has 0 spiro atoms. The van der Waals surface area contributed by atoms with Gasteiger partial charge in [-0.15, -0.1) is 0 Å². The molecule has 0 atom stereocenters. The summed E-state index contributed by atoms with van der Waals surface area (Å²) >= 11 is 0. The van der Waals surface area contributed by atoms with Gasteiger partial charge < -0.3 is 0 Å². The van der Waals surface area contributed by atoms with Crippen LogP contribution in [0.4, 0.5) is 0 Å². The molecule has 0 aromatic carbocycles. The van der Waals surface area contributed by atoms with Gasteiger partial charge in [-0.2, -0.15) is 0 Å². The first-order valence-electron chi connectivity index (χ1n) is 7.49. The Hall–Kier alpha value is -2.36. The summed E-state index contributed by atoms with van der Waals surface area (Å²) in [7, 11) is 0. The third kappa shape index (κ3) is 4.58. The average Bonchev–Trinajstić information content (AvgIpc) is 2.53. The van der Waals surface area contributed by atoms with Gasteiger partial charge in [-0.1, -0.05) is 26.0 Å². The van der Waals surface area contributed by atoms with Crippen molar-refractivity contribution in [2.24, 2.45) is 5.92 Å². The Morgan fingerprint density at radius 2 is 1.73 bits per heavy atom. The highest BCUT2D eigenvalue weighted by Gasteiger charge is 2.13. The van der Waals surface area contributed by atoms with E-state index in [9.17, 15) is 9.59 Å². The number of ketones is 2. The van der Waals surface area contributed by atoms with Crippen LogP contribution in [0.1, 0.15) is 53.4 Å². The standard InChI is InChI=1S/C18H20N2O2/c1-13(2)12-18(22)16-8-5-7-15(20-16)17(21)10-9-14-6-3-4-11-19-14/h3-8,11,13H,9-10,12H2,1-2H3. The van der Waals surface area contributed by atoms with Gasteiger partial charge >= 0.3 is 0 Å². The van der Waals surface area contributed by atoms with E-state index >= 15 is 0 Å². The van der Waals surface area contributed by atoms with Crippen molar-refractivity contribution in [2.45, 2.75) is 33.1 Å². The maximum absolute atomic E-state index is 12.2. The Morgan fingerprint density at radius 1 is 1.00 bits per heavy atom. The lowest BCUT2D eigenvalue weighted by Crippen LogP contribution is -2.10. The Kier molecular flexibility index (Phi) is 5.53. The summed E-state index contributed by atoms with van der Waals surface area (Å²) in [6.07, 6.45) is 3.07. The van der Waals surface area contributed by atoms with Gasteiger partial charge in [0.2, 0.25) is 0 Å². The summed E-state index contributed by atoms with van der Waals surface area (Å²) < 4.78 is 0. The molecule has 0 saturated heterocycles. The maximum Gasteiger partial charge on any atom is 0.181 e. The smallest absolute Gasteiger partial charge is 0.181 e. The molecule has 0 aliphatic carbocycles. The molecule has 0 fully saturated rings. The molecular formula is C18H20N2O2. The molecule has 2 aromatic heterocycles. The van der Waals surface area contributed by atoms with Crippen LogP contribution in [0.5, 0.6) is 0 Å². The molecule has 0 N–H and O–H groups in total. The van der Waals surface area contributed by atoms with E-state index in [1.165, 1.54) is 0 Å². The van der Waals surface area contributed by atoms with Crippen molar-refractivity contribution in [3.8, 4) is 0 Å². The van der Waals surface area contributed by atoms with E-state index in [4.69, 9.17) is 0 Å². The van der Waals surface area contributed by atoms with E-state index in [-0.39, 0.29) is 17.5 Å². The lowest BCUT2D eigenvalue weighted by molar-refractivity contribution is 0.0962. The van der Waals surface area contributed by atoms with E-state index in [0.717, 1.165) is 5.69 Å². The molecule has 22 heavy (non-hydrogen) atoms. The summed E-state index contributed by atoms with van der Waals surface area (Å²) in [5.41, 5.74) is 1.60. The van der Waals surface area contributed by atoms with Crippen LogP contribution in [0.2, 0.25) is 0 Å². The number of rotatable bonds is 7. The van der Waals surface area contributed by atoms with Gasteiger partial charge in [0.1, 0.15) is 11.4 Å². The topological polar surface area (TPSA) is 59.9 Å². The second kappa shape index (κ2) is 7.59. The molecule has 0 saturated carbocycles. The number of carbonyl (C=O) groups excluding carboxylic acids is 2. The zero-order chi connectivity index (χ0) is 15.9. The zero-order valence-electron chi connectivity index (χ0n) is 13.0. The summed E-state index contributed by atoms with van der Waals surface area (Å²) in [6.45, 7) is 3.97. The highest BCUT2D eigenvalue weighted by atomic mass is 16.1. The Bertz CT molecular complexity index is 651. The fourth-order valence-corrected chi connectivity index (χ4v) is 2.14. The molecule has 114 valence electrons. The Labute approximate surface area is 130 Å². The van der Waals surface area contributed by atoms with E-state index in [1.807, 2.05) is 32.0 Å². The lowest BCUT2D eigenvalue weighted by Gasteiger charge is -2.05. The van der Waals surface area contributed by atoms with Crippen molar-refractivity contribution in [3.63, 3.8) is 0 Å².